The van der Waals surface area contributed by atoms with Crippen LogP contribution in [0.2, 0.25) is 0 Å². The molecule has 0 aliphatic rings. The summed E-state index contributed by atoms with van der Waals surface area (Å²) >= 11 is 1.34. The minimum atomic E-state index is -0.302. The van der Waals surface area contributed by atoms with Crippen molar-refractivity contribution in [1.82, 2.24) is 5.32 Å². The van der Waals surface area contributed by atoms with Crippen molar-refractivity contribution in [2.24, 2.45) is 5.41 Å². The quantitative estimate of drug-likeness (QED) is 0.855. The molecule has 100 valence electrons. The van der Waals surface area contributed by atoms with E-state index in [0.29, 0.717) is 18.0 Å². The Bertz CT molecular complexity index is 432. The Morgan fingerprint density at radius 2 is 2.00 bits per heavy atom. The van der Waals surface area contributed by atoms with E-state index in [1.807, 2.05) is 26.8 Å². The molecule has 0 aromatic carbocycles. The van der Waals surface area contributed by atoms with Gasteiger partial charge < -0.3 is 10.1 Å². The van der Waals surface area contributed by atoms with Gasteiger partial charge in [0.15, 0.2) is 0 Å². The van der Waals surface area contributed by atoms with Crippen LogP contribution >= 0.6 is 11.3 Å². The average Bonchev–Trinajstić information content (AvgIpc) is 2.70. The van der Waals surface area contributed by atoms with Crippen LogP contribution in [0.3, 0.4) is 0 Å². The highest BCUT2D eigenvalue weighted by Crippen LogP contribution is 2.19. The molecule has 0 saturated heterocycles. The van der Waals surface area contributed by atoms with Crippen LogP contribution in [-0.4, -0.2) is 18.5 Å². The number of ether oxygens (including phenoxy) is 1. The summed E-state index contributed by atoms with van der Waals surface area (Å²) in [7, 11) is 0. The third kappa shape index (κ3) is 5.31. The Kier molecular flexibility index (Phi) is 4.90. The van der Waals surface area contributed by atoms with Crippen molar-refractivity contribution < 1.29 is 14.3 Å². The number of nitrogens with one attached hydrogen (secondary N) is 1. The zero-order chi connectivity index (χ0) is 13.8. The summed E-state index contributed by atoms with van der Waals surface area (Å²) in [5.41, 5.74) is -0.0358. The SMILES string of the molecule is CC(=O)NCc1ccc(C(=O)OCC(C)(C)C)s1. The fourth-order valence-electron chi connectivity index (χ4n) is 1.15. The Hall–Kier alpha value is -1.36. The molecular formula is C13H19NO3S. The highest BCUT2D eigenvalue weighted by molar-refractivity contribution is 7.13. The third-order valence-corrected chi connectivity index (χ3v) is 3.08. The molecule has 0 fully saturated rings. The predicted octanol–water partition coefficient (Wildman–Crippen LogP) is 2.59. The molecule has 0 aliphatic heterocycles. The van der Waals surface area contributed by atoms with Crippen LogP contribution in [0, 0.1) is 5.41 Å². The fraction of sp³-hybridized carbons (Fsp3) is 0.538. The van der Waals surface area contributed by atoms with E-state index in [-0.39, 0.29) is 17.3 Å². The molecule has 0 atom stereocenters. The number of esters is 1. The number of carbonyl (C=O) groups excluding carboxylic acids is 2. The van der Waals surface area contributed by atoms with Gasteiger partial charge in [0.25, 0.3) is 0 Å². The van der Waals surface area contributed by atoms with E-state index in [9.17, 15) is 9.59 Å². The molecular weight excluding hydrogens is 250 g/mol. The van der Waals surface area contributed by atoms with Gasteiger partial charge in [-0.2, -0.15) is 0 Å². The number of hydrogen-bond donors (Lipinski definition) is 1. The Morgan fingerprint density at radius 1 is 1.33 bits per heavy atom. The molecule has 5 heteroatoms. The van der Waals surface area contributed by atoms with Crippen LogP contribution in [0.5, 0.6) is 0 Å². The minimum Gasteiger partial charge on any atom is -0.461 e. The molecule has 0 bridgehead atoms. The van der Waals surface area contributed by atoms with Gasteiger partial charge in [-0.15, -0.1) is 11.3 Å². The van der Waals surface area contributed by atoms with Gasteiger partial charge in [-0.05, 0) is 17.5 Å². The third-order valence-electron chi connectivity index (χ3n) is 2.01. The lowest BCUT2D eigenvalue weighted by molar-refractivity contribution is -0.119. The molecule has 1 aromatic heterocycles. The van der Waals surface area contributed by atoms with Crippen LogP contribution < -0.4 is 5.32 Å². The van der Waals surface area contributed by atoms with Gasteiger partial charge in [0.05, 0.1) is 13.2 Å². The smallest absolute Gasteiger partial charge is 0.348 e. The molecule has 1 heterocycles. The maximum absolute atomic E-state index is 11.7. The fourth-order valence-corrected chi connectivity index (χ4v) is 1.99. The van der Waals surface area contributed by atoms with E-state index < -0.39 is 0 Å². The molecule has 0 radical (unpaired) electrons. The topological polar surface area (TPSA) is 55.4 Å². The zero-order valence-corrected chi connectivity index (χ0v) is 12.0. The highest BCUT2D eigenvalue weighted by Gasteiger charge is 2.16. The van der Waals surface area contributed by atoms with Gasteiger partial charge in [0, 0.05) is 11.8 Å². The number of rotatable bonds is 4. The highest BCUT2D eigenvalue weighted by atomic mass is 32.1. The lowest BCUT2D eigenvalue weighted by Crippen LogP contribution is -2.18. The van der Waals surface area contributed by atoms with Crippen molar-refractivity contribution in [1.29, 1.82) is 0 Å². The molecule has 0 spiro atoms. The van der Waals surface area contributed by atoms with Crippen LogP contribution in [0.1, 0.15) is 42.2 Å². The second kappa shape index (κ2) is 6.00. The van der Waals surface area contributed by atoms with Gasteiger partial charge in [-0.3, -0.25) is 4.79 Å². The van der Waals surface area contributed by atoms with Crippen molar-refractivity contribution in [2.45, 2.75) is 34.2 Å². The lowest BCUT2D eigenvalue weighted by Gasteiger charge is -2.17. The van der Waals surface area contributed by atoms with Crippen LogP contribution in [-0.2, 0) is 16.1 Å². The first-order valence-electron chi connectivity index (χ1n) is 5.78. The first kappa shape index (κ1) is 14.7. The first-order valence-corrected chi connectivity index (χ1v) is 6.60. The van der Waals surface area contributed by atoms with Gasteiger partial charge in [-0.25, -0.2) is 4.79 Å². The summed E-state index contributed by atoms with van der Waals surface area (Å²) in [5, 5.41) is 2.69. The summed E-state index contributed by atoms with van der Waals surface area (Å²) < 4.78 is 5.22. The lowest BCUT2D eigenvalue weighted by atomic mass is 9.99. The minimum absolute atomic E-state index is 0.0358. The molecule has 0 unspecified atom stereocenters. The van der Waals surface area contributed by atoms with E-state index >= 15 is 0 Å². The van der Waals surface area contributed by atoms with Crippen molar-refractivity contribution in [3.63, 3.8) is 0 Å². The molecule has 1 N–H and O–H groups in total. The molecule has 4 nitrogen and oxygen atoms in total. The largest absolute Gasteiger partial charge is 0.461 e. The summed E-state index contributed by atoms with van der Waals surface area (Å²) in [6, 6.07) is 3.56. The van der Waals surface area contributed by atoms with Gasteiger partial charge in [0.1, 0.15) is 4.88 Å². The zero-order valence-electron chi connectivity index (χ0n) is 11.2. The summed E-state index contributed by atoms with van der Waals surface area (Å²) in [6.07, 6.45) is 0. The van der Waals surface area contributed by atoms with E-state index in [0.717, 1.165) is 4.88 Å². The summed E-state index contributed by atoms with van der Waals surface area (Å²) in [5.74, 6) is -0.385. The van der Waals surface area contributed by atoms with Crippen molar-refractivity contribution in [2.75, 3.05) is 6.61 Å². The van der Waals surface area contributed by atoms with Crippen molar-refractivity contribution >= 4 is 23.2 Å². The van der Waals surface area contributed by atoms with E-state index in [4.69, 9.17) is 4.74 Å². The van der Waals surface area contributed by atoms with Crippen molar-refractivity contribution in [3.05, 3.63) is 21.9 Å². The molecule has 1 amide bonds. The van der Waals surface area contributed by atoms with Crippen molar-refractivity contribution in [3.8, 4) is 0 Å². The second-order valence-electron chi connectivity index (χ2n) is 5.31. The van der Waals surface area contributed by atoms with E-state index in [1.54, 1.807) is 6.07 Å². The normalized spacial score (nSPS) is 11.1. The standard InChI is InChI=1S/C13H19NO3S/c1-9(15)14-7-10-5-6-11(18-10)12(16)17-8-13(2,3)4/h5-6H,7-8H2,1-4H3,(H,14,15). The second-order valence-corrected chi connectivity index (χ2v) is 6.48. The molecule has 18 heavy (non-hydrogen) atoms. The summed E-state index contributed by atoms with van der Waals surface area (Å²) in [6.45, 7) is 8.34. The van der Waals surface area contributed by atoms with Gasteiger partial charge in [-0.1, -0.05) is 20.8 Å². The van der Waals surface area contributed by atoms with Crippen LogP contribution in [0.4, 0.5) is 0 Å². The summed E-state index contributed by atoms with van der Waals surface area (Å²) in [4.78, 5) is 24.0. The monoisotopic (exact) mass is 269 g/mol. The number of carbonyl (C=O) groups is 2. The average molecular weight is 269 g/mol. The number of amides is 1. The number of thiophene rings is 1. The van der Waals surface area contributed by atoms with Gasteiger partial charge >= 0.3 is 5.97 Å². The molecule has 1 aromatic rings. The van der Waals surface area contributed by atoms with E-state index in [1.165, 1.54) is 18.3 Å². The molecule has 0 aliphatic carbocycles. The van der Waals surface area contributed by atoms with Crippen LogP contribution in [0.25, 0.3) is 0 Å². The Morgan fingerprint density at radius 3 is 2.56 bits per heavy atom. The van der Waals surface area contributed by atoms with E-state index in [2.05, 4.69) is 5.32 Å². The first-order chi connectivity index (χ1) is 8.28. The Balaban J connectivity index is 2.52. The predicted molar refractivity (Wildman–Crippen MR) is 71.6 cm³/mol. The molecule has 1 rings (SSSR count). The maximum atomic E-state index is 11.7. The van der Waals surface area contributed by atoms with Gasteiger partial charge in [0.2, 0.25) is 5.91 Å². The maximum Gasteiger partial charge on any atom is 0.348 e. The number of hydrogen-bond acceptors (Lipinski definition) is 4. The van der Waals surface area contributed by atoms with Crippen LogP contribution in [0.15, 0.2) is 12.1 Å². The Labute approximate surface area is 111 Å². The molecule has 0 saturated carbocycles.